The molecule has 0 aromatic carbocycles. The second-order valence-electron chi connectivity index (χ2n) is 12.7. The lowest BCUT2D eigenvalue weighted by Crippen LogP contribution is -2.26. The summed E-state index contributed by atoms with van der Waals surface area (Å²) in [6.07, 6.45) is 16.4. The predicted octanol–water partition coefficient (Wildman–Crippen LogP) is 7.72. The number of hydrogen-bond acceptors (Lipinski definition) is 2. The Balaban J connectivity index is 0.000000180. The summed E-state index contributed by atoms with van der Waals surface area (Å²) in [5.74, 6) is 4.86. The van der Waals surface area contributed by atoms with Crippen LogP contribution in [-0.2, 0) is 0 Å². The topological polar surface area (TPSA) is 40.5 Å². The van der Waals surface area contributed by atoms with E-state index in [-0.39, 0.29) is 20.6 Å². The molecule has 188 valence electrons. The van der Waals surface area contributed by atoms with Crippen LogP contribution in [0.3, 0.4) is 0 Å². The first-order valence-corrected chi connectivity index (χ1v) is 13.3. The lowest BCUT2D eigenvalue weighted by atomic mass is 9.69. The predicted molar refractivity (Wildman–Crippen MR) is 141 cm³/mol. The number of rotatable bonds is 8. The average Bonchev–Trinajstić information content (AvgIpc) is 3.36. The molecule has 2 N–H and O–H groups in total. The Morgan fingerprint density at radius 3 is 1.85 bits per heavy atom. The molecule has 0 spiro atoms. The van der Waals surface area contributed by atoms with Gasteiger partial charge in [-0.1, -0.05) is 63.6 Å². The number of allylic oxidation sites excluding steroid dienone is 3. The standard InChI is InChI=1S/2C15H24O.CH4/c1-10(9-16)5-4-6-14(2)11-7-12-13(8-11)15(12,14)3;1-11(10-16)5-4-8-15(3)12(2)13-6-7-14(15)9-13;/h5,11-13,16H,4,6-9H2,1-3H3;5,13-14,16H,2,4,6-10H2,1,3H3;1H4. The van der Waals surface area contributed by atoms with Gasteiger partial charge in [-0.3, -0.25) is 0 Å². The minimum Gasteiger partial charge on any atom is -0.392 e. The van der Waals surface area contributed by atoms with E-state index in [2.05, 4.69) is 39.5 Å². The third-order valence-corrected chi connectivity index (χ3v) is 11.5. The maximum atomic E-state index is 8.99. The fourth-order valence-corrected chi connectivity index (χ4v) is 8.84. The van der Waals surface area contributed by atoms with Gasteiger partial charge >= 0.3 is 0 Å². The number of aliphatic hydroxyl groups is 2. The molecule has 6 atom stereocenters. The lowest BCUT2D eigenvalue weighted by molar-refractivity contribution is 0.154. The zero-order valence-electron chi connectivity index (χ0n) is 21.4. The van der Waals surface area contributed by atoms with Crippen molar-refractivity contribution in [3.8, 4) is 0 Å². The van der Waals surface area contributed by atoms with Gasteiger partial charge in [0.15, 0.2) is 0 Å². The first-order chi connectivity index (χ1) is 15.1. The third-order valence-electron chi connectivity index (χ3n) is 11.5. The van der Waals surface area contributed by atoms with Crippen molar-refractivity contribution in [2.24, 2.45) is 45.8 Å². The van der Waals surface area contributed by atoms with Crippen LogP contribution in [0.15, 0.2) is 35.5 Å². The summed E-state index contributed by atoms with van der Waals surface area (Å²) in [7, 11) is 0. The van der Waals surface area contributed by atoms with Gasteiger partial charge in [0, 0.05) is 0 Å². The first-order valence-electron chi connectivity index (χ1n) is 13.3. The molecule has 0 saturated heterocycles. The van der Waals surface area contributed by atoms with Crippen LogP contribution in [0.5, 0.6) is 0 Å². The van der Waals surface area contributed by atoms with Crippen LogP contribution in [0.2, 0.25) is 0 Å². The molecular weight excluding hydrogens is 404 g/mol. The van der Waals surface area contributed by atoms with E-state index in [4.69, 9.17) is 10.2 Å². The van der Waals surface area contributed by atoms with Crippen molar-refractivity contribution in [2.45, 2.75) is 99.8 Å². The van der Waals surface area contributed by atoms with Crippen molar-refractivity contribution in [1.29, 1.82) is 0 Å². The molecule has 0 aliphatic heterocycles. The van der Waals surface area contributed by atoms with E-state index in [0.29, 0.717) is 16.2 Å². The summed E-state index contributed by atoms with van der Waals surface area (Å²) >= 11 is 0. The van der Waals surface area contributed by atoms with Gasteiger partial charge in [0.2, 0.25) is 0 Å². The molecule has 0 radical (unpaired) electrons. The van der Waals surface area contributed by atoms with Gasteiger partial charge in [-0.05, 0) is 117 Å². The van der Waals surface area contributed by atoms with Crippen molar-refractivity contribution in [2.75, 3.05) is 13.2 Å². The molecular formula is C31H52O2. The minimum atomic E-state index is 0. The summed E-state index contributed by atoms with van der Waals surface area (Å²) in [6.45, 7) is 16.3. The second-order valence-corrected chi connectivity index (χ2v) is 12.7. The minimum absolute atomic E-state index is 0. The third kappa shape index (κ3) is 4.22. The van der Waals surface area contributed by atoms with E-state index >= 15 is 0 Å². The van der Waals surface area contributed by atoms with Crippen molar-refractivity contribution in [1.82, 2.24) is 0 Å². The number of hydrogen-bond donors (Lipinski definition) is 2. The van der Waals surface area contributed by atoms with Gasteiger partial charge in [-0.25, -0.2) is 0 Å². The van der Waals surface area contributed by atoms with Crippen molar-refractivity contribution in [3.05, 3.63) is 35.5 Å². The van der Waals surface area contributed by atoms with Crippen LogP contribution in [-0.4, -0.2) is 23.4 Å². The van der Waals surface area contributed by atoms with E-state index in [1.807, 2.05) is 13.8 Å². The lowest BCUT2D eigenvalue weighted by Gasteiger charge is -2.36. The molecule has 0 aromatic rings. The Kier molecular flexibility index (Phi) is 7.82. The largest absolute Gasteiger partial charge is 0.392 e. The fourth-order valence-electron chi connectivity index (χ4n) is 8.84. The highest BCUT2D eigenvalue weighted by Crippen LogP contribution is 2.87. The van der Waals surface area contributed by atoms with Gasteiger partial charge in [-0.15, -0.1) is 0 Å². The van der Waals surface area contributed by atoms with Crippen LogP contribution in [0.25, 0.3) is 0 Å². The molecule has 2 heteroatoms. The molecule has 2 nitrogen and oxygen atoms in total. The highest BCUT2D eigenvalue weighted by atomic mass is 16.3. The van der Waals surface area contributed by atoms with E-state index in [1.54, 1.807) is 0 Å². The highest BCUT2D eigenvalue weighted by Gasteiger charge is 2.80. The molecule has 6 rings (SSSR count). The average molecular weight is 457 g/mol. The normalized spacial score (nSPS) is 44.6. The SMILES string of the molecule is C.C=C1C2CCC(C2)C1(C)CCC=C(C)CO.CC(=CCCC1(C)C2CC3C(C2)C31C)CO. The maximum absolute atomic E-state index is 8.99. The molecule has 0 aromatic heterocycles. The Morgan fingerprint density at radius 1 is 0.879 bits per heavy atom. The Morgan fingerprint density at radius 2 is 1.42 bits per heavy atom. The number of fused-ring (bicyclic) bond motifs is 2. The van der Waals surface area contributed by atoms with Gasteiger partial charge in [0.1, 0.15) is 0 Å². The molecule has 33 heavy (non-hydrogen) atoms. The van der Waals surface area contributed by atoms with Crippen LogP contribution >= 0.6 is 0 Å². The van der Waals surface area contributed by atoms with Crippen LogP contribution < -0.4 is 0 Å². The maximum Gasteiger partial charge on any atom is 0.0639 e. The molecule has 6 unspecified atom stereocenters. The number of aliphatic hydroxyl groups excluding tert-OH is 2. The van der Waals surface area contributed by atoms with Crippen molar-refractivity contribution in [3.63, 3.8) is 0 Å². The smallest absolute Gasteiger partial charge is 0.0639 e. The zero-order chi connectivity index (χ0) is 23.3. The van der Waals surface area contributed by atoms with E-state index in [9.17, 15) is 0 Å². The van der Waals surface area contributed by atoms with Gasteiger partial charge in [0.25, 0.3) is 0 Å². The van der Waals surface area contributed by atoms with E-state index in [1.165, 1.54) is 50.5 Å². The first kappa shape index (κ1) is 26.7. The van der Waals surface area contributed by atoms with Crippen molar-refractivity contribution < 1.29 is 10.2 Å². The molecule has 6 bridgehead atoms. The molecule has 6 aliphatic carbocycles. The van der Waals surface area contributed by atoms with Gasteiger partial charge < -0.3 is 10.2 Å². The monoisotopic (exact) mass is 456 g/mol. The Hall–Kier alpha value is -0.860. The van der Waals surface area contributed by atoms with Gasteiger partial charge in [0.05, 0.1) is 13.2 Å². The molecule has 6 fully saturated rings. The summed E-state index contributed by atoms with van der Waals surface area (Å²) < 4.78 is 0. The Labute approximate surface area is 204 Å². The second kappa shape index (κ2) is 9.65. The van der Waals surface area contributed by atoms with E-state index < -0.39 is 0 Å². The summed E-state index contributed by atoms with van der Waals surface area (Å²) in [4.78, 5) is 0. The molecule has 6 aliphatic rings. The van der Waals surface area contributed by atoms with Gasteiger partial charge in [-0.2, -0.15) is 0 Å². The Bertz CT molecular complexity index is 779. The molecule has 0 amide bonds. The van der Waals surface area contributed by atoms with Crippen molar-refractivity contribution >= 4 is 0 Å². The molecule has 0 heterocycles. The summed E-state index contributed by atoms with van der Waals surface area (Å²) in [6, 6.07) is 0. The van der Waals surface area contributed by atoms with Crippen LogP contribution in [0.4, 0.5) is 0 Å². The summed E-state index contributed by atoms with van der Waals surface area (Å²) in [5, 5.41) is 18.0. The zero-order valence-corrected chi connectivity index (χ0v) is 21.4. The highest BCUT2D eigenvalue weighted by molar-refractivity contribution is 5.29. The summed E-state index contributed by atoms with van der Waals surface area (Å²) in [5.41, 5.74) is 5.42. The molecule has 6 saturated carbocycles. The van der Waals surface area contributed by atoms with Crippen LogP contribution in [0, 0.1) is 45.8 Å². The van der Waals surface area contributed by atoms with E-state index in [0.717, 1.165) is 53.6 Å². The fraction of sp³-hybridized carbons (Fsp3) is 0.806. The van der Waals surface area contributed by atoms with Crippen LogP contribution in [0.1, 0.15) is 99.8 Å². The quantitative estimate of drug-likeness (QED) is 0.367.